The molecular formula is C27H43NO4. The largest absolute Gasteiger partial charge is 0.388 e. The average Bonchev–Trinajstić information content (AvgIpc) is 3.04. The van der Waals surface area contributed by atoms with Gasteiger partial charge in [-0.1, -0.05) is 33.3 Å². The summed E-state index contributed by atoms with van der Waals surface area (Å²) >= 11 is 0. The fourth-order valence-electron chi connectivity index (χ4n) is 8.66. The highest BCUT2D eigenvalue weighted by Gasteiger charge is 2.65. The number of β-amino-alcohol motifs (C(OH)–C–C–N with tert-alkyl or cyclic N) is 1. The lowest BCUT2D eigenvalue weighted by Gasteiger charge is -2.63. The molecule has 3 aliphatic carbocycles. The predicted octanol–water partition coefficient (Wildman–Crippen LogP) is 4.14. The zero-order chi connectivity index (χ0) is 22.7. The number of hydrogen-bond acceptors (Lipinski definition) is 5. The van der Waals surface area contributed by atoms with Crippen LogP contribution in [0.4, 0.5) is 0 Å². The van der Waals surface area contributed by atoms with Crippen molar-refractivity contribution in [3.63, 3.8) is 0 Å². The number of allylic oxidation sites excluding steroid dienone is 1. The van der Waals surface area contributed by atoms with Gasteiger partial charge in [0.25, 0.3) is 0 Å². The van der Waals surface area contributed by atoms with E-state index in [1.807, 2.05) is 6.92 Å². The standard InChI is InChI=1S/C27H43NO4/c1-16-7-9-25(4)11-18-17-13-30-19(17)8-10-27(18,6)23-22(21(16)24(25,2)3)31-20(32-23)12-28-14-26(5,29)15-28/h17-20,22-23,29H,7-15H2,1-6H3/t17?,18?,19-,20-,22-,23-,25+,27-/m1/s1. The van der Waals surface area contributed by atoms with Gasteiger partial charge in [-0.2, -0.15) is 0 Å². The van der Waals surface area contributed by atoms with Crippen LogP contribution < -0.4 is 0 Å². The molecule has 5 heteroatoms. The molecular weight excluding hydrogens is 402 g/mol. The maximum atomic E-state index is 10.2. The maximum Gasteiger partial charge on any atom is 0.171 e. The SMILES string of the molecule is CC1=C2[C@H]3O[C@@H](CN4CC(C)(O)C4)O[C@H]3[C@]3(C)CC[C@H]4OCC4C3C[C@](C)(CC1)C2(C)C. The molecule has 0 spiro atoms. The van der Waals surface area contributed by atoms with Gasteiger partial charge in [0.1, 0.15) is 6.10 Å². The van der Waals surface area contributed by atoms with Gasteiger partial charge < -0.3 is 19.3 Å². The van der Waals surface area contributed by atoms with E-state index in [4.69, 9.17) is 14.2 Å². The molecule has 2 unspecified atom stereocenters. The first-order valence-electron chi connectivity index (χ1n) is 13.0. The molecule has 2 saturated carbocycles. The minimum absolute atomic E-state index is 0.0433. The van der Waals surface area contributed by atoms with Crippen molar-refractivity contribution in [3.8, 4) is 0 Å². The fourth-order valence-corrected chi connectivity index (χ4v) is 8.66. The summed E-state index contributed by atoms with van der Waals surface area (Å²) in [5, 5.41) is 10.2. The minimum Gasteiger partial charge on any atom is -0.388 e. The second kappa shape index (κ2) is 6.81. The van der Waals surface area contributed by atoms with Crippen LogP contribution in [0.15, 0.2) is 11.1 Å². The number of hydrogen-bond donors (Lipinski definition) is 1. The van der Waals surface area contributed by atoms with E-state index in [9.17, 15) is 5.11 Å². The van der Waals surface area contributed by atoms with Gasteiger partial charge in [0.15, 0.2) is 6.29 Å². The summed E-state index contributed by atoms with van der Waals surface area (Å²) in [4.78, 5) is 2.28. The summed E-state index contributed by atoms with van der Waals surface area (Å²) in [6, 6.07) is 0. The van der Waals surface area contributed by atoms with Crippen LogP contribution in [0.25, 0.3) is 0 Å². The molecule has 6 rings (SSSR count). The van der Waals surface area contributed by atoms with E-state index in [1.54, 1.807) is 0 Å². The van der Waals surface area contributed by atoms with Gasteiger partial charge in [0, 0.05) is 31.0 Å². The number of fused-ring (bicyclic) bond motifs is 8. The van der Waals surface area contributed by atoms with E-state index in [0.29, 0.717) is 31.0 Å². The lowest BCUT2D eigenvalue weighted by atomic mass is 9.44. The maximum absolute atomic E-state index is 10.2. The van der Waals surface area contributed by atoms with Crippen LogP contribution in [0.3, 0.4) is 0 Å². The van der Waals surface area contributed by atoms with E-state index in [2.05, 4.69) is 39.5 Å². The Hall–Kier alpha value is -0.460. The Labute approximate surface area is 193 Å². The Kier molecular flexibility index (Phi) is 4.69. The van der Waals surface area contributed by atoms with Crippen molar-refractivity contribution < 1.29 is 19.3 Å². The lowest BCUT2D eigenvalue weighted by molar-refractivity contribution is -0.226. The van der Waals surface area contributed by atoms with Crippen LogP contribution in [0, 0.1) is 28.1 Å². The van der Waals surface area contributed by atoms with Gasteiger partial charge in [-0.05, 0) is 68.3 Å². The zero-order valence-corrected chi connectivity index (χ0v) is 20.9. The first kappa shape index (κ1) is 22.0. The predicted molar refractivity (Wildman–Crippen MR) is 123 cm³/mol. The quantitative estimate of drug-likeness (QED) is 0.648. The van der Waals surface area contributed by atoms with Crippen LogP contribution in [0.2, 0.25) is 0 Å². The monoisotopic (exact) mass is 445 g/mol. The van der Waals surface area contributed by atoms with E-state index >= 15 is 0 Å². The van der Waals surface area contributed by atoms with Crippen LogP contribution in [0.5, 0.6) is 0 Å². The summed E-state index contributed by atoms with van der Waals surface area (Å²) in [7, 11) is 0. The van der Waals surface area contributed by atoms with Crippen LogP contribution in [-0.4, -0.2) is 66.5 Å². The first-order chi connectivity index (χ1) is 14.9. The number of ether oxygens (including phenoxy) is 3. The molecule has 5 nitrogen and oxygen atoms in total. The van der Waals surface area contributed by atoms with Gasteiger partial charge in [-0.3, -0.25) is 4.90 Å². The summed E-state index contributed by atoms with van der Waals surface area (Å²) < 4.78 is 19.8. The Morgan fingerprint density at radius 1 is 1.06 bits per heavy atom. The molecule has 5 fully saturated rings. The van der Waals surface area contributed by atoms with Gasteiger partial charge >= 0.3 is 0 Å². The third-order valence-electron chi connectivity index (χ3n) is 11.0. The second-order valence-electron chi connectivity index (χ2n) is 13.5. The third kappa shape index (κ3) is 2.94. The van der Waals surface area contributed by atoms with Crippen LogP contribution in [0.1, 0.15) is 73.6 Å². The molecule has 8 atom stereocenters. The van der Waals surface area contributed by atoms with Crippen molar-refractivity contribution in [2.24, 2.45) is 28.1 Å². The van der Waals surface area contributed by atoms with E-state index < -0.39 is 5.60 Å². The molecule has 32 heavy (non-hydrogen) atoms. The Bertz CT molecular complexity index is 828. The highest BCUT2D eigenvalue weighted by atomic mass is 16.7. The topological polar surface area (TPSA) is 51.2 Å². The molecule has 0 aromatic heterocycles. The van der Waals surface area contributed by atoms with Gasteiger partial charge in [-0.15, -0.1) is 0 Å². The third-order valence-corrected chi connectivity index (χ3v) is 11.0. The molecule has 180 valence electrons. The molecule has 1 N–H and O–H groups in total. The molecule has 0 amide bonds. The van der Waals surface area contributed by atoms with Crippen LogP contribution in [-0.2, 0) is 14.2 Å². The smallest absolute Gasteiger partial charge is 0.171 e. The number of nitrogens with zero attached hydrogens (tertiary/aromatic N) is 1. The van der Waals surface area contributed by atoms with Crippen molar-refractivity contribution in [2.75, 3.05) is 26.2 Å². The van der Waals surface area contributed by atoms with E-state index in [1.165, 1.54) is 30.4 Å². The normalized spacial score (nSPS) is 51.5. The molecule has 0 radical (unpaired) electrons. The van der Waals surface area contributed by atoms with E-state index in [-0.39, 0.29) is 34.7 Å². The molecule has 0 aromatic rings. The van der Waals surface area contributed by atoms with E-state index in [0.717, 1.165) is 26.0 Å². The van der Waals surface area contributed by atoms with Crippen LogP contribution >= 0.6 is 0 Å². The molecule has 3 aliphatic heterocycles. The Balaban J connectivity index is 1.39. The van der Waals surface area contributed by atoms with Crippen molar-refractivity contribution >= 4 is 0 Å². The number of likely N-dealkylation sites (tertiary alicyclic amines) is 1. The molecule has 2 bridgehead atoms. The summed E-state index contributed by atoms with van der Waals surface area (Å²) in [6.45, 7) is 17.4. The Morgan fingerprint density at radius 2 is 1.81 bits per heavy atom. The van der Waals surface area contributed by atoms with Crippen molar-refractivity contribution in [2.45, 2.75) is 104 Å². The molecule has 3 saturated heterocycles. The highest BCUT2D eigenvalue weighted by Crippen LogP contribution is 2.66. The fraction of sp³-hybridized carbons (Fsp3) is 0.926. The van der Waals surface area contributed by atoms with Crippen molar-refractivity contribution in [3.05, 3.63) is 11.1 Å². The molecule has 6 aliphatic rings. The summed E-state index contributed by atoms with van der Waals surface area (Å²) in [6.07, 6.45) is 6.43. The Morgan fingerprint density at radius 3 is 2.47 bits per heavy atom. The first-order valence-corrected chi connectivity index (χ1v) is 13.0. The highest BCUT2D eigenvalue weighted by molar-refractivity contribution is 5.34. The second-order valence-corrected chi connectivity index (χ2v) is 13.5. The molecule has 0 aromatic carbocycles. The lowest BCUT2D eigenvalue weighted by Crippen LogP contribution is -2.63. The van der Waals surface area contributed by atoms with Gasteiger partial charge in [0.05, 0.1) is 24.4 Å². The summed E-state index contributed by atoms with van der Waals surface area (Å²) in [5.74, 6) is 1.29. The summed E-state index contributed by atoms with van der Waals surface area (Å²) in [5.41, 5.74) is 2.98. The zero-order valence-electron chi connectivity index (χ0n) is 20.9. The minimum atomic E-state index is -0.563. The van der Waals surface area contributed by atoms with Gasteiger partial charge in [0.2, 0.25) is 0 Å². The number of aliphatic hydroxyl groups is 1. The number of rotatable bonds is 2. The average molecular weight is 446 g/mol. The van der Waals surface area contributed by atoms with Gasteiger partial charge in [-0.25, -0.2) is 0 Å². The van der Waals surface area contributed by atoms with Crippen molar-refractivity contribution in [1.82, 2.24) is 4.90 Å². The van der Waals surface area contributed by atoms with Crippen molar-refractivity contribution in [1.29, 1.82) is 0 Å². The molecule has 3 heterocycles.